The van der Waals surface area contributed by atoms with Crippen LogP contribution in [0.3, 0.4) is 0 Å². The summed E-state index contributed by atoms with van der Waals surface area (Å²) in [6.07, 6.45) is 2.75. The van der Waals surface area contributed by atoms with Crippen molar-refractivity contribution in [2.75, 3.05) is 31.2 Å². The number of halogens is 1. The fourth-order valence-corrected chi connectivity index (χ4v) is 3.27. The number of benzene rings is 2. The molecule has 142 valence electrons. The highest BCUT2D eigenvalue weighted by Gasteiger charge is 2.16. The fourth-order valence-electron chi connectivity index (χ4n) is 3.27. The van der Waals surface area contributed by atoms with E-state index in [0.717, 1.165) is 10.9 Å². The summed E-state index contributed by atoms with van der Waals surface area (Å²) < 4.78 is 19.8. The maximum absolute atomic E-state index is 14.5. The molecule has 1 N–H and O–H groups in total. The van der Waals surface area contributed by atoms with Crippen LogP contribution in [-0.4, -0.2) is 37.1 Å². The Bertz CT molecular complexity index is 1110. The van der Waals surface area contributed by atoms with Gasteiger partial charge < -0.3 is 14.6 Å². The van der Waals surface area contributed by atoms with Gasteiger partial charge in [-0.25, -0.2) is 4.39 Å². The number of H-pyrrole nitrogens is 1. The van der Waals surface area contributed by atoms with E-state index in [1.165, 1.54) is 18.2 Å². The molecule has 1 aliphatic heterocycles. The minimum absolute atomic E-state index is 0.239. The Morgan fingerprint density at radius 2 is 1.89 bits per heavy atom. The number of fused-ring (bicyclic) bond motifs is 1. The van der Waals surface area contributed by atoms with Crippen molar-refractivity contribution in [1.29, 1.82) is 0 Å². The van der Waals surface area contributed by atoms with Crippen LogP contribution in [0, 0.1) is 5.82 Å². The standard InChI is InChI=1S/C22H19FN2O3/c23-18-14-16(5-7-20(18)25-9-11-28-12-10-25)21(26)8-6-17-13-15-3-1-2-4-19(15)24-22(17)27/h1-8,13-14H,9-12H2,(H,24,27). The molecule has 3 aromatic rings. The van der Waals surface area contributed by atoms with Crippen LogP contribution in [0.4, 0.5) is 10.1 Å². The molecule has 0 aliphatic carbocycles. The fraction of sp³-hybridized carbons (Fsp3) is 0.182. The summed E-state index contributed by atoms with van der Waals surface area (Å²) in [5.74, 6) is -0.801. The van der Waals surface area contributed by atoms with Crippen LogP contribution in [0.5, 0.6) is 0 Å². The van der Waals surface area contributed by atoms with E-state index in [-0.39, 0.29) is 16.9 Å². The van der Waals surface area contributed by atoms with Crippen molar-refractivity contribution in [3.05, 3.63) is 81.9 Å². The van der Waals surface area contributed by atoms with Gasteiger partial charge in [0.05, 0.1) is 18.9 Å². The Morgan fingerprint density at radius 1 is 1.11 bits per heavy atom. The zero-order valence-corrected chi connectivity index (χ0v) is 15.2. The first kappa shape index (κ1) is 18.1. The van der Waals surface area contributed by atoms with Crippen molar-refractivity contribution < 1.29 is 13.9 Å². The summed E-state index contributed by atoms with van der Waals surface area (Å²) in [6.45, 7) is 2.36. The van der Waals surface area contributed by atoms with Crippen LogP contribution in [0.1, 0.15) is 15.9 Å². The smallest absolute Gasteiger partial charge is 0.255 e. The van der Waals surface area contributed by atoms with Crippen LogP contribution in [0.25, 0.3) is 17.0 Å². The van der Waals surface area contributed by atoms with Crippen LogP contribution in [0.2, 0.25) is 0 Å². The number of hydrogen-bond donors (Lipinski definition) is 1. The minimum atomic E-state index is -0.440. The molecule has 0 amide bonds. The van der Waals surface area contributed by atoms with Crippen molar-refractivity contribution >= 4 is 28.4 Å². The number of pyridine rings is 1. The van der Waals surface area contributed by atoms with Crippen LogP contribution < -0.4 is 10.5 Å². The average molecular weight is 378 g/mol. The Kier molecular flexibility index (Phi) is 5.04. The average Bonchev–Trinajstić information content (AvgIpc) is 2.72. The maximum atomic E-state index is 14.5. The van der Waals surface area contributed by atoms with Gasteiger partial charge in [-0.1, -0.05) is 18.2 Å². The number of ketones is 1. The van der Waals surface area contributed by atoms with Crippen molar-refractivity contribution in [3.8, 4) is 0 Å². The van der Waals surface area contributed by atoms with E-state index in [1.54, 1.807) is 18.2 Å². The number of nitrogens with one attached hydrogen (secondary N) is 1. The van der Waals surface area contributed by atoms with E-state index < -0.39 is 5.82 Å². The second-order valence-electron chi connectivity index (χ2n) is 6.60. The van der Waals surface area contributed by atoms with Gasteiger partial charge in [-0.15, -0.1) is 0 Å². The van der Waals surface area contributed by atoms with Gasteiger partial charge >= 0.3 is 0 Å². The predicted molar refractivity (Wildman–Crippen MR) is 107 cm³/mol. The van der Waals surface area contributed by atoms with Crippen molar-refractivity contribution in [2.45, 2.75) is 0 Å². The van der Waals surface area contributed by atoms with Gasteiger partial charge in [0.1, 0.15) is 5.82 Å². The van der Waals surface area contributed by atoms with Gasteiger partial charge in [0.25, 0.3) is 5.56 Å². The number of para-hydroxylation sites is 1. The lowest BCUT2D eigenvalue weighted by atomic mass is 10.1. The maximum Gasteiger partial charge on any atom is 0.255 e. The van der Waals surface area contributed by atoms with Crippen molar-refractivity contribution in [2.24, 2.45) is 0 Å². The summed E-state index contributed by atoms with van der Waals surface area (Å²) >= 11 is 0. The summed E-state index contributed by atoms with van der Waals surface area (Å²) in [7, 11) is 0. The number of allylic oxidation sites excluding steroid dienone is 1. The molecule has 1 saturated heterocycles. The van der Waals surface area contributed by atoms with Gasteiger partial charge in [0.15, 0.2) is 5.78 Å². The van der Waals surface area contributed by atoms with Crippen LogP contribution >= 0.6 is 0 Å². The van der Waals surface area contributed by atoms with Gasteiger partial charge in [-0.3, -0.25) is 9.59 Å². The van der Waals surface area contributed by atoms with Gasteiger partial charge in [-0.05, 0) is 47.9 Å². The Morgan fingerprint density at radius 3 is 2.68 bits per heavy atom. The zero-order valence-electron chi connectivity index (χ0n) is 15.2. The number of rotatable bonds is 4. The highest BCUT2D eigenvalue weighted by molar-refractivity contribution is 6.07. The summed E-state index contributed by atoms with van der Waals surface area (Å²) in [5.41, 5.74) is 1.53. The quantitative estimate of drug-likeness (QED) is 0.558. The highest BCUT2D eigenvalue weighted by Crippen LogP contribution is 2.22. The molecule has 4 rings (SSSR count). The molecule has 1 aliphatic rings. The molecule has 6 heteroatoms. The molecule has 0 saturated carbocycles. The second kappa shape index (κ2) is 7.78. The molecule has 5 nitrogen and oxygen atoms in total. The zero-order chi connectivity index (χ0) is 19.5. The lowest BCUT2D eigenvalue weighted by Gasteiger charge is -2.29. The van der Waals surface area contributed by atoms with E-state index in [0.29, 0.717) is 37.6 Å². The van der Waals surface area contributed by atoms with Crippen molar-refractivity contribution in [1.82, 2.24) is 4.98 Å². The lowest BCUT2D eigenvalue weighted by Crippen LogP contribution is -2.36. The third kappa shape index (κ3) is 3.73. The third-order valence-corrected chi connectivity index (χ3v) is 4.78. The number of carbonyl (C=O) groups excluding carboxylic acids is 1. The Hall–Kier alpha value is -3.25. The predicted octanol–water partition coefficient (Wildman–Crippen LogP) is 3.40. The third-order valence-electron chi connectivity index (χ3n) is 4.78. The van der Waals surface area contributed by atoms with Crippen LogP contribution in [0.15, 0.2) is 59.4 Å². The molecular weight excluding hydrogens is 359 g/mol. The highest BCUT2D eigenvalue weighted by atomic mass is 19.1. The number of morpholine rings is 1. The molecule has 0 bridgehead atoms. The number of anilines is 1. The molecule has 1 fully saturated rings. The van der Waals surface area contributed by atoms with Crippen LogP contribution in [-0.2, 0) is 4.74 Å². The number of nitrogens with zero attached hydrogens (tertiary/aromatic N) is 1. The number of ether oxygens (including phenoxy) is 1. The topological polar surface area (TPSA) is 62.4 Å². The molecule has 28 heavy (non-hydrogen) atoms. The van der Waals surface area contributed by atoms with E-state index in [1.807, 2.05) is 29.2 Å². The first-order chi connectivity index (χ1) is 13.6. The molecule has 2 aromatic carbocycles. The summed E-state index contributed by atoms with van der Waals surface area (Å²) in [6, 6.07) is 13.6. The first-order valence-electron chi connectivity index (χ1n) is 9.08. The van der Waals surface area contributed by atoms with E-state index in [9.17, 15) is 14.0 Å². The number of carbonyl (C=O) groups is 1. The molecular formula is C22H19FN2O3. The SMILES string of the molecule is O=C(C=Cc1cc2ccccc2[nH]c1=O)c1ccc(N2CCOCC2)c(F)c1. The van der Waals surface area contributed by atoms with Gasteiger partial charge in [-0.2, -0.15) is 0 Å². The van der Waals surface area contributed by atoms with Gasteiger partial charge in [0, 0.05) is 29.7 Å². The molecule has 0 radical (unpaired) electrons. The second-order valence-corrected chi connectivity index (χ2v) is 6.60. The molecule has 0 spiro atoms. The number of hydrogen-bond acceptors (Lipinski definition) is 4. The molecule has 2 heterocycles. The van der Waals surface area contributed by atoms with E-state index in [4.69, 9.17) is 4.74 Å². The molecule has 0 unspecified atom stereocenters. The summed E-state index contributed by atoms with van der Waals surface area (Å²) in [4.78, 5) is 29.3. The van der Waals surface area contributed by atoms with E-state index in [2.05, 4.69) is 4.98 Å². The Balaban J connectivity index is 1.55. The monoisotopic (exact) mass is 378 g/mol. The lowest BCUT2D eigenvalue weighted by molar-refractivity contribution is 0.104. The molecule has 0 atom stereocenters. The largest absolute Gasteiger partial charge is 0.378 e. The number of aromatic nitrogens is 1. The normalized spacial score (nSPS) is 14.7. The Labute approximate surface area is 161 Å². The number of aromatic amines is 1. The molecule has 1 aromatic heterocycles. The van der Waals surface area contributed by atoms with Crippen molar-refractivity contribution in [3.63, 3.8) is 0 Å². The van der Waals surface area contributed by atoms with Gasteiger partial charge in [0.2, 0.25) is 0 Å². The summed E-state index contributed by atoms with van der Waals surface area (Å²) in [5, 5.41) is 0.870. The first-order valence-corrected chi connectivity index (χ1v) is 9.08. The minimum Gasteiger partial charge on any atom is -0.378 e. The van der Waals surface area contributed by atoms with E-state index >= 15 is 0 Å².